The van der Waals surface area contributed by atoms with Gasteiger partial charge in [0, 0.05) is 21.7 Å². The van der Waals surface area contributed by atoms with Crippen LogP contribution in [0.15, 0.2) is 35.2 Å². The van der Waals surface area contributed by atoms with Crippen LogP contribution in [-0.4, -0.2) is 26.7 Å². The molecule has 0 heterocycles. The summed E-state index contributed by atoms with van der Waals surface area (Å²) >= 11 is 0. The predicted molar refractivity (Wildman–Crippen MR) is 74.5 cm³/mol. The Kier molecular flexibility index (Phi) is 3.48. The molecule has 0 fully saturated rings. The van der Waals surface area contributed by atoms with Crippen LogP contribution < -0.4 is 9.47 Å². The summed E-state index contributed by atoms with van der Waals surface area (Å²) in [6, 6.07) is 10.3. The van der Waals surface area contributed by atoms with Crippen molar-refractivity contribution in [3.63, 3.8) is 0 Å². The molecule has 90 valence electrons. The van der Waals surface area contributed by atoms with E-state index in [4.69, 9.17) is 9.47 Å². The van der Waals surface area contributed by atoms with Crippen LogP contribution in [0.3, 0.4) is 0 Å². The smallest absolute Gasteiger partial charge is 0.162 e. The van der Waals surface area contributed by atoms with E-state index in [1.807, 2.05) is 12.1 Å². The molecule has 0 aliphatic carbocycles. The molecular formula is C14H17O2S+. The lowest BCUT2D eigenvalue weighted by atomic mass is 10.1. The predicted octanol–water partition coefficient (Wildman–Crippen LogP) is 3.09. The van der Waals surface area contributed by atoms with E-state index >= 15 is 0 Å². The Morgan fingerprint density at radius 1 is 0.882 bits per heavy atom. The number of rotatable bonds is 3. The van der Waals surface area contributed by atoms with Gasteiger partial charge in [-0.2, -0.15) is 0 Å². The lowest BCUT2D eigenvalue weighted by molar-refractivity contribution is 0.414. The number of hydrogen-bond donors (Lipinski definition) is 0. The summed E-state index contributed by atoms with van der Waals surface area (Å²) in [5, 5.41) is 2.36. The molecule has 0 aromatic heterocycles. The van der Waals surface area contributed by atoms with E-state index in [9.17, 15) is 0 Å². The third kappa shape index (κ3) is 2.20. The van der Waals surface area contributed by atoms with E-state index in [1.165, 1.54) is 10.3 Å². The van der Waals surface area contributed by atoms with E-state index in [0.29, 0.717) is 0 Å². The molecule has 2 aromatic rings. The Labute approximate surface area is 105 Å². The highest BCUT2D eigenvalue weighted by molar-refractivity contribution is 7.95. The van der Waals surface area contributed by atoms with Gasteiger partial charge in [0.05, 0.1) is 14.2 Å². The fourth-order valence-corrected chi connectivity index (χ4v) is 2.88. The SMILES string of the molecule is COc1ccc2c(OC)ccc([S+](C)C)c2c1. The first-order chi connectivity index (χ1) is 8.17. The molecule has 2 rings (SSSR count). The molecule has 0 spiro atoms. The molecule has 3 heteroatoms. The highest BCUT2D eigenvalue weighted by Gasteiger charge is 2.16. The summed E-state index contributed by atoms with van der Waals surface area (Å²) in [6.45, 7) is 0. The van der Waals surface area contributed by atoms with Gasteiger partial charge in [-0.05, 0) is 30.3 Å². The highest BCUT2D eigenvalue weighted by Crippen LogP contribution is 2.33. The largest absolute Gasteiger partial charge is 0.497 e. The second kappa shape index (κ2) is 4.88. The first-order valence-electron chi connectivity index (χ1n) is 5.39. The summed E-state index contributed by atoms with van der Waals surface area (Å²) in [5.41, 5.74) is 0. The monoisotopic (exact) mass is 249 g/mol. The maximum absolute atomic E-state index is 5.40. The Morgan fingerprint density at radius 3 is 2.24 bits per heavy atom. The minimum Gasteiger partial charge on any atom is -0.497 e. The van der Waals surface area contributed by atoms with E-state index in [2.05, 4.69) is 30.7 Å². The van der Waals surface area contributed by atoms with Crippen LogP contribution in [0.1, 0.15) is 0 Å². The van der Waals surface area contributed by atoms with Crippen LogP contribution in [0, 0.1) is 0 Å². The first-order valence-corrected chi connectivity index (χ1v) is 7.44. The fraction of sp³-hybridized carbons (Fsp3) is 0.286. The second-order valence-corrected chi connectivity index (χ2v) is 6.07. The molecule has 0 amide bonds. The molecule has 17 heavy (non-hydrogen) atoms. The van der Waals surface area contributed by atoms with Gasteiger partial charge in [0.15, 0.2) is 4.90 Å². The Hall–Kier alpha value is -1.35. The third-order valence-electron chi connectivity index (χ3n) is 2.80. The molecule has 0 atom stereocenters. The van der Waals surface area contributed by atoms with Gasteiger partial charge in [-0.15, -0.1) is 0 Å². The molecule has 0 N–H and O–H groups in total. The molecule has 2 aromatic carbocycles. The molecule has 0 bridgehead atoms. The van der Waals surface area contributed by atoms with Crippen LogP contribution in [0.5, 0.6) is 11.5 Å². The molecule has 0 unspecified atom stereocenters. The fourth-order valence-electron chi connectivity index (χ4n) is 1.93. The number of fused-ring (bicyclic) bond motifs is 1. The van der Waals surface area contributed by atoms with Crippen molar-refractivity contribution >= 4 is 21.7 Å². The number of methoxy groups -OCH3 is 2. The third-order valence-corrected chi connectivity index (χ3v) is 4.04. The zero-order valence-corrected chi connectivity index (χ0v) is 11.4. The van der Waals surface area contributed by atoms with Gasteiger partial charge in [0.1, 0.15) is 24.0 Å². The molecule has 0 saturated heterocycles. The van der Waals surface area contributed by atoms with Crippen molar-refractivity contribution in [2.45, 2.75) is 4.90 Å². The van der Waals surface area contributed by atoms with Gasteiger partial charge in [-0.3, -0.25) is 0 Å². The summed E-state index contributed by atoms with van der Waals surface area (Å²) in [7, 11) is 3.61. The van der Waals surface area contributed by atoms with Crippen molar-refractivity contribution in [1.29, 1.82) is 0 Å². The number of ether oxygens (including phenoxy) is 2. The van der Waals surface area contributed by atoms with E-state index < -0.39 is 0 Å². The zero-order valence-electron chi connectivity index (χ0n) is 10.6. The van der Waals surface area contributed by atoms with Crippen LogP contribution in [0.4, 0.5) is 0 Å². The van der Waals surface area contributed by atoms with Crippen LogP contribution in [0.25, 0.3) is 10.8 Å². The molecule has 0 aliphatic heterocycles. The zero-order chi connectivity index (χ0) is 12.4. The van der Waals surface area contributed by atoms with E-state index in [-0.39, 0.29) is 10.9 Å². The molecule has 0 saturated carbocycles. The summed E-state index contributed by atoms with van der Waals surface area (Å²) in [6.07, 6.45) is 4.45. The molecule has 0 radical (unpaired) electrons. The van der Waals surface area contributed by atoms with Crippen molar-refractivity contribution in [2.24, 2.45) is 0 Å². The summed E-state index contributed by atoms with van der Waals surface area (Å²) in [4.78, 5) is 1.35. The Bertz CT molecular complexity index is 535. The number of hydrogen-bond acceptors (Lipinski definition) is 2. The molecule has 0 aliphatic rings. The Balaban J connectivity index is 2.76. The van der Waals surface area contributed by atoms with Crippen molar-refractivity contribution in [1.82, 2.24) is 0 Å². The van der Waals surface area contributed by atoms with Gasteiger partial charge in [-0.25, -0.2) is 0 Å². The summed E-state index contributed by atoms with van der Waals surface area (Å²) < 4.78 is 10.7. The first kappa shape index (κ1) is 12.1. The van der Waals surface area contributed by atoms with E-state index in [0.717, 1.165) is 16.9 Å². The van der Waals surface area contributed by atoms with Gasteiger partial charge < -0.3 is 9.47 Å². The molecule has 2 nitrogen and oxygen atoms in total. The molecular weight excluding hydrogens is 232 g/mol. The minimum atomic E-state index is 0.215. The van der Waals surface area contributed by atoms with Crippen molar-refractivity contribution < 1.29 is 9.47 Å². The Morgan fingerprint density at radius 2 is 1.65 bits per heavy atom. The minimum absolute atomic E-state index is 0.215. The summed E-state index contributed by atoms with van der Waals surface area (Å²) in [5.74, 6) is 1.80. The lowest BCUT2D eigenvalue weighted by Crippen LogP contribution is -1.98. The second-order valence-electron chi connectivity index (χ2n) is 3.99. The van der Waals surface area contributed by atoms with Gasteiger partial charge in [0.2, 0.25) is 0 Å². The van der Waals surface area contributed by atoms with Crippen LogP contribution >= 0.6 is 0 Å². The maximum atomic E-state index is 5.40. The van der Waals surface area contributed by atoms with Gasteiger partial charge in [0.25, 0.3) is 0 Å². The lowest BCUT2D eigenvalue weighted by Gasteiger charge is -2.09. The average molecular weight is 249 g/mol. The van der Waals surface area contributed by atoms with E-state index in [1.54, 1.807) is 14.2 Å². The van der Waals surface area contributed by atoms with Gasteiger partial charge in [-0.1, -0.05) is 0 Å². The topological polar surface area (TPSA) is 18.5 Å². The van der Waals surface area contributed by atoms with Crippen molar-refractivity contribution in [2.75, 3.05) is 26.7 Å². The van der Waals surface area contributed by atoms with Gasteiger partial charge >= 0.3 is 0 Å². The standard InChI is InChI=1S/C14H17O2S/c1-15-10-5-6-11-12(9-10)14(17(3)4)8-7-13(11)16-2/h5-9H,1-4H3/q+1. The normalized spacial score (nSPS) is 10.9. The van der Waals surface area contributed by atoms with Crippen molar-refractivity contribution in [3.05, 3.63) is 30.3 Å². The van der Waals surface area contributed by atoms with Crippen LogP contribution in [-0.2, 0) is 10.9 Å². The van der Waals surface area contributed by atoms with Crippen LogP contribution in [0.2, 0.25) is 0 Å². The number of benzene rings is 2. The van der Waals surface area contributed by atoms with Crippen molar-refractivity contribution in [3.8, 4) is 11.5 Å². The highest BCUT2D eigenvalue weighted by atomic mass is 32.2. The average Bonchev–Trinajstić information content (AvgIpc) is 2.36. The maximum Gasteiger partial charge on any atom is 0.162 e. The quantitative estimate of drug-likeness (QED) is 0.778.